The number of rotatable bonds is 6. The summed E-state index contributed by atoms with van der Waals surface area (Å²) < 4.78 is 1.84. The standard InChI is InChI=1S/C14H20N4O/c1-3-17(4-2)14(19)11-15-9-12-10-16-18-8-6-5-7-13(12)18/h5-8,10,15H,3-4,9,11H2,1-2H3. The van der Waals surface area contributed by atoms with Crippen molar-refractivity contribution in [2.24, 2.45) is 0 Å². The van der Waals surface area contributed by atoms with Gasteiger partial charge in [-0.05, 0) is 26.0 Å². The van der Waals surface area contributed by atoms with Crippen molar-refractivity contribution in [2.45, 2.75) is 20.4 Å². The molecule has 1 amide bonds. The lowest BCUT2D eigenvalue weighted by Crippen LogP contribution is -2.37. The van der Waals surface area contributed by atoms with Gasteiger partial charge in [0.25, 0.3) is 0 Å². The number of fused-ring (bicyclic) bond motifs is 1. The molecule has 0 aliphatic rings. The van der Waals surface area contributed by atoms with Crippen molar-refractivity contribution in [3.63, 3.8) is 0 Å². The molecule has 0 saturated heterocycles. The van der Waals surface area contributed by atoms with E-state index in [4.69, 9.17) is 0 Å². The molecule has 0 aromatic carbocycles. The second-order valence-electron chi connectivity index (χ2n) is 4.37. The molecule has 0 unspecified atom stereocenters. The number of carbonyl (C=O) groups excluding carboxylic acids is 1. The Morgan fingerprint density at radius 2 is 2.16 bits per heavy atom. The van der Waals surface area contributed by atoms with Gasteiger partial charge in [-0.15, -0.1) is 0 Å². The average molecular weight is 260 g/mol. The second kappa shape index (κ2) is 6.33. The third-order valence-electron chi connectivity index (χ3n) is 3.21. The van der Waals surface area contributed by atoms with E-state index in [0.29, 0.717) is 13.1 Å². The van der Waals surface area contributed by atoms with E-state index in [1.165, 1.54) is 0 Å². The van der Waals surface area contributed by atoms with Crippen LogP contribution >= 0.6 is 0 Å². The fourth-order valence-corrected chi connectivity index (χ4v) is 2.12. The Kier molecular flexibility index (Phi) is 4.52. The van der Waals surface area contributed by atoms with E-state index in [1.807, 2.05) is 53.9 Å². The molecule has 2 rings (SSSR count). The SMILES string of the molecule is CCN(CC)C(=O)CNCc1cnn2ccccc12. The first-order valence-electron chi connectivity index (χ1n) is 6.66. The fourth-order valence-electron chi connectivity index (χ4n) is 2.12. The minimum absolute atomic E-state index is 0.140. The van der Waals surface area contributed by atoms with E-state index in [0.717, 1.165) is 24.2 Å². The Balaban J connectivity index is 1.91. The number of carbonyl (C=O) groups is 1. The van der Waals surface area contributed by atoms with Crippen molar-refractivity contribution in [2.75, 3.05) is 19.6 Å². The number of likely N-dealkylation sites (N-methyl/N-ethyl adjacent to an activating group) is 1. The Bertz CT molecular complexity index is 545. The molecule has 102 valence electrons. The number of aromatic nitrogens is 2. The number of pyridine rings is 1. The molecule has 0 atom stereocenters. The summed E-state index contributed by atoms with van der Waals surface area (Å²) in [5.74, 6) is 0.140. The van der Waals surface area contributed by atoms with Crippen molar-refractivity contribution >= 4 is 11.4 Å². The quantitative estimate of drug-likeness (QED) is 0.851. The van der Waals surface area contributed by atoms with Crippen LogP contribution in [0, 0.1) is 0 Å². The van der Waals surface area contributed by atoms with Gasteiger partial charge in [0.2, 0.25) is 5.91 Å². The topological polar surface area (TPSA) is 49.6 Å². The molecule has 5 nitrogen and oxygen atoms in total. The zero-order valence-corrected chi connectivity index (χ0v) is 11.5. The smallest absolute Gasteiger partial charge is 0.236 e. The maximum Gasteiger partial charge on any atom is 0.236 e. The summed E-state index contributed by atoms with van der Waals surface area (Å²) in [4.78, 5) is 13.7. The van der Waals surface area contributed by atoms with Gasteiger partial charge < -0.3 is 10.2 Å². The molecule has 0 aliphatic carbocycles. The Morgan fingerprint density at radius 3 is 2.89 bits per heavy atom. The minimum Gasteiger partial charge on any atom is -0.342 e. The zero-order chi connectivity index (χ0) is 13.7. The molecule has 0 aliphatic heterocycles. The summed E-state index contributed by atoms with van der Waals surface area (Å²) in [5, 5.41) is 7.45. The molecular weight excluding hydrogens is 240 g/mol. The monoisotopic (exact) mass is 260 g/mol. The number of hydrogen-bond donors (Lipinski definition) is 1. The van der Waals surface area contributed by atoms with Gasteiger partial charge in [-0.25, -0.2) is 4.52 Å². The van der Waals surface area contributed by atoms with Gasteiger partial charge in [-0.3, -0.25) is 4.79 Å². The maximum atomic E-state index is 11.8. The number of nitrogens with one attached hydrogen (secondary N) is 1. The summed E-state index contributed by atoms with van der Waals surface area (Å²) in [6.45, 7) is 6.52. The molecule has 0 radical (unpaired) electrons. The van der Waals surface area contributed by atoms with Crippen LogP contribution in [0.4, 0.5) is 0 Å². The molecule has 0 spiro atoms. The lowest BCUT2D eigenvalue weighted by atomic mass is 10.2. The van der Waals surface area contributed by atoms with Gasteiger partial charge in [0.1, 0.15) is 0 Å². The maximum absolute atomic E-state index is 11.8. The predicted octanol–water partition coefficient (Wildman–Crippen LogP) is 1.29. The normalized spacial score (nSPS) is 10.8. The van der Waals surface area contributed by atoms with E-state index in [-0.39, 0.29) is 5.91 Å². The first kappa shape index (κ1) is 13.5. The van der Waals surface area contributed by atoms with E-state index < -0.39 is 0 Å². The highest BCUT2D eigenvalue weighted by atomic mass is 16.2. The molecule has 1 N–H and O–H groups in total. The molecule has 19 heavy (non-hydrogen) atoms. The van der Waals surface area contributed by atoms with Crippen molar-refractivity contribution in [3.05, 3.63) is 36.2 Å². The fraction of sp³-hybridized carbons (Fsp3) is 0.429. The van der Waals surface area contributed by atoms with Crippen LogP contribution in [-0.4, -0.2) is 40.1 Å². The Morgan fingerprint density at radius 1 is 1.37 bits per heavy atom. The third kappa shape index (κ3) is 3.12. The molecule has 0 saturated carbocycles. The van der Waals surface area contributed by atoms with E-state index in [1.54, 1.807) is 0 Å². The lowest BCUT2D eigenvalue weighted by molar-refractivity contribution is -0.129. The minimum atomic E-state index is 0.140. The first-order chi connectivity index (χ1) is 9.26. The highest BCUT2D eigenvalue weighted by Crippen LogP contribution is 2.09. The summed E-state index contributed by atoms with van der Waals surface area (Å²) in [6, 6.07) is 5.96. The zero-order valence-electron chi connectivity index (χ0n) is 11.5. The Labute approximate surface area is 113 Å². The van der Waals surface area contributed by atoms with E-state index in [2.05, 4.69) is 10.4 Å². The van der Waals surface area contributed by atoms with Crippen LogP contribution in [0.15, 0.2) is 30.6 Å². The van der Waals surface area contributed by atoms with Crippen LogP contribution in [0.2, 0.25) is 0 Å². The highest BCUT2D eigenvalue weighted by Gasteiger charge is 2.09. The van der Waals surface area contributed by atoms with Gasteiger partial charge in [-0.1, -0.05) is 6.07 Å². The van der Waals surface area contributed by atoms with E-state index >= 15 is 0 Å². The van der Waals surface area contributed by atoms with Crippen molar-refractivity contribution in [3.8, 4) is 0 Å². The van der Waals surface area contributed by atoms with Gasteiger partial charge in [0.05, 0.1) is 18.3 Å². The molecule has 5 heteroatoms. The number of nitrogens with zero attached hydrogens (tertiary/aromatic N) is 3. The first-order valence-corrected chi connectivity index (χ1v) is 6.66. The molecule has 2 heterocycles. The predicted molar refractivity (Wildman–Crippen MR) is 74.8 cm³/mol. The van der Waals surface area contributed by atoms with Crippen LogP contribution in [0.1, 0.15) is 19.4 Å². The molecule has 0 bridgehead atoms. The van der Waals surface area contributed by atoms with Crippen LogP contribution in [0.3, 0.4) is 0 Å². The Hall–Kier alpha value is -1.88. The largest absolute Gasteiger partial charge is 0.342 e. The number of amides is 1. The van der Waals surface area contributed by atoms with Gasteiger partial charge in [0.15, 0.2) is 0 Å². The summed E-state index contributed by atoms with van der Waals surface area (Å²) in [5.41, 5.74) is 2.18. The molecule has 2 aromatic rings. The molecular formula is C14H20N4O. The van der Waals surface area contributed by atoms with Crippen LogP contribution in [-0.2, 0) is 11.3 Å². The van der Waals surface area contributed by atoms with Crippen molar-refractivity contribution in [1.29, 1.82) is 0 Å². The molecule has 0 fully saturated rings. The summed E-state index contributed by atoms with van der Waals surface area (Å²) >= 11 is 0. The van der Waals surface area contributed by atoms with Crippen LogP contribution in [0.25, 0.3) is 5.52 Å². The van der Waals surface area contributed by atoms with Crippen molar-refractivity contribution in [1.82, 2.24) is 19.8 Å². The summed E-state index contributed by atoms with van der Waals surface area (Å²) in [6.07, 6.45) is 3.75. The van der Waals surface area contributed by atoms with Gasteiger partial charge in [0, 0.05) is 31.4 Å². The van der Waals surface area contributed by atoms with Gasteiger partial charge in [-0.2, -0.15) is 5.10 Å². The highest BCUT2D eigenvalue weighted by molar-refractivity contribution is 5.78. The van der Waals surface area contributed by atoms with Gasteiger partial charge >= 0.3 is 0 Å². The second-order valence-corrected chi connectivity index (χ2v) is 4.37. The molecule has 2 aromatic heterocycles. The van der Waals surface area contributed by atoms with E-state index in [9.17, 15) is 4.79 Å². The third-order valence-corrected chi connectivity index (χ3v) is 3.21. The number of hydrogen-bond acceptors (Lipinski definition) is 3. The lowest BCUT2D eigenvalue weighted by Gasteiger charge is -2.18. The average Bonchev–Trinajstić information content (AvgIpc) is 2.84. The van der Waals surface area contributed by atoms with Crippen molar-refractivity contribution < 1.29 is 4.79 Å². The van der Waals surface area contributed by atoms with Crippen LogP contribution < -0.4 is 5.32 Å². The summed E-state index contributed by atoms with van der Waals surface area (Å²) in [7, 11) is 0. The van der Waals surface area contributed by atoms with Crippen LogP contribution in [0.5, 0.6) is 0 Å².